The third-order valence-electron chi connectivity index (χ3n) is 7.26. The van der Waals surface area contributed by atoms with E-state index in [0.717, 1.165) is 19.3 Å². The van der Waals surface area contributed by atoms with Crippen molar-refractivity contribution >= 4 is 0 Å². The third kappa shape index (κ3) is 41.3. The highest BCUT2D eigenvalue weighted by molar-refractivity contribution is 4.50. The average Bonchev–Trinajstić information content (AvgIpc) is 2.87. The molecule has 0 bridgehead atoms. The van der Waals surface area contributed by atoms with Gasteiger partial charge in [-0.05, 0) is 12.8 Å². The van der Waals surface area contributed by atoms with E-state index in [0.29, 0.717) is 6.61 Å². The normalized spacial score (nSPS) is 11.0. The lowest BCUT2D eigenvalue weighted by molar-refractivity contribution is 0.186. The van der Waals surface area contributed by atoms with E-state index in [4.69, 9.17) is 5.11 Å². The van der Waals surface area contributed by atoms with E-state index in [9.17, 15) is 5.11 Å². The topological polar surface area (TPSA) is 40.1 Å². The molecule has 0 amide bonds. The Hall–Kier alpha value is -0.0800. The van der Waals surface area contributed by atoms with E-state index in [-0.39, 0.29) is 6.61 Å². The van der Waals surface area contributed by atoms with E-state index in [1.807, 2.05) is 0 Å². The summed E-state index contributed by atoms with van der Waals surface area (Å²) in [6.45, 7) is 5.05. The second-order valence-electron chi connectivity index (χ2n) is 11.0. The molecule has 0 saturated heterocycles. The molecule has 35 heavy (non-hydrogen) atoms. The first-order valence-corrected chi connectivity index (χ1v) is 16.5. The van der Waals surface area contributed by atoms with Crippen molar-refractivity contribution in [2.24, 2.45) is 0 Å². The molecule has 0 aromatic heterocycles. The van der Waals surface area contributed by atoms with E-state index in [2.05, 4.69) is 13.8 Å². The van der Waals surface area contributed by atoms with Crippen molar-refractivity contribution in [1.82, 2.24) is 0 Å². The second-order valence-corrected chi connectivity index (χ2v) is 11.0. The van der Waals surface area contributed by atoms with Crippen LogP contribution in [0, 0.1) is 0 Å². The molecule has 0 aromatic carbocycles. The molecular weight excluding hydrogens is 428 g/mol. The maximum Gasteiger partial charge on any atom is 0.0822 e. The summed E-state index contributed by atoms with van der Waals surface area (Å²) in [5.74, 6) is 0. The molecule has 0 saturated carbocycles. The van der Waals surface area contributed by atoms with Crippen LogP contribution in [-0.4, -0.2) is 18.3 Å². The van der Waals surface area contributed by atoms with Crippen molar-refractivity contribution in [2.45, 2.75) is 200 Å². The lowest BCUT2D eigenvalue weighted by Gasteiger charge is -2.02. The number of rotatable bonds is 29. The lowest BCUT2D eigenvalue weighted by atomic mass is 10.0. The van der Waals surface area contributed by atoms with Crippen molar-refractivity contribution in [2.75, 3.05) is 13.2 Å². The highest BCUT2D eigenvalue weighted by atomic mass is 16.3. The van der Waals surface area contributed by atoms with Gasteiger partial charge >= 0.3 is 0 Å². The van der Waals surface area contributed by atoms with Gasteiger partial charge < -0.3 is 5.11 Å². The fourth-order valence-corrected chi connectivity index (χ4v) is 4.78. The highest BCUT2D eigenvalue weighted by Crippen LogP contribution is 2.14. The first-order valence-electron chi connectivity index (χ1n) is 16.5. The monoisotopic (exact) mass is 498 g/mol. The van der Waals surface area contributed by atoms with Gasteiger partial charge in [0.2, 0.25) is 0 Å². The van der Waals surface area contributed by atoms with Crippen LogP contribution in [0.4, 0.5) is 0 Å². The third-order valence-corrected chi connectivity index (χ3v) is 7.26. The van der Waals surface area contributed by atoms with Gasteiger partial charge in [-0.25, -0.2) is 5.11 Å². The summed E-state index contributed by atoms with van der Waals surface area (Å²) in [6, 6.07) is 0. The first-order chi connectivity index (χ1) is 17.3. The van der Waals surface area contributed by atoms with E-state index >= 15 is 0 Å². The molecule has 2 heteroatoms. The van der Waals surface area contributed by atoms with Gasteiger partial charge in [0, 0.05) is 6.61 Å². The Morgan fingerprint density at radius 1 is 0.314 bits per heavy atom. The SMILES string of the molecule is CCCCCCCCCCCCCCCCC[O].CCCCCCCCCCCCCCCCO. The predicted octanol–water partition coefficient (Wildman–Crippen LogP) is 11.7. The summed E-state index contributed by atoms with van der Waals surface area (Å²) in [5, 5.41) is 18.9. The average molecular weight is 498 g/mol. The predicted molar refractivity (Wildman–Crippen MR) is 158 cm³/mol. The number of aliphatic hydroxyl groups excluding tert-OH is 1. The van der Waals surface area contributed by atoms with Crippen LogP contribution in [0.3, 0.4) is 0 Å². The molecule has 0 heterocycles. The number of hydrogen-bond donors (Lipinski definition) is 1. The van der Waals surface area contributed by atoms with Crippen molar-refractivity contribution in [1.29, 1.82) is 0 Å². The van der Waals surface area contributed by atoms with Gasteiger partial charge in [0.15, 0.2) is 0 Å². The Balaban J connectivity index is 0. The van der Waals surface area contributed by atoms with E-state index in [1.165, 1.54) is 167 Å². The summed E-state index contributed by atoms with van der Waals surface area (Å²) < 4.78 is 0. The Kier molecular flexibility index (Phi) is 40.7. The standard InChI is InChI=1S/C17H35O.C16H34O/c1-2-3-4-5-6-7-8-9-10-11-12-13-14-15-16-17-18;1-2-3-4-5-6-7-8-9-10-11-12-13-14-15-16-17/h2-17H2,1H3;17H,2-16H2,1H3. The molecule has 0 aliphatic heterocycles. The minimum Gasteiger partial charge on any atom is -0.396 e. The molecule has 0 unspecified atom stereocenters. The molecule has 2 nitrogen and oxygen atoms in total. The summed E-state index contributed by atoms with van der Waals surface area (Å²) >= 11 is 0. The minimum atomic E-state index is 0.123. The quantitative estimate of drug-likeness (QED) is 0.102. The van der Waals surface area contributed by atoms with Crippen LogP contribution in [0.5, 0.6) is 0 Å². The van der Waals surface area contributed by atoms with E-state index < -0.39 is 0 Å². The molecular formula is C33H69O2. The van der Waals surface area contributed by atoms with E-state index in [1.54, 1.807) is 0 Å². The maximum absolute atomic E-state index is 10.2. The zero-order valence-electron chi connectivity index (χ0n) is 24.8. The summed E-state index contributed by atoms with van der Waals surface area (Å²) in [4.78, 5) is 0. The molecule has 0 atom stereocenters. The van der Waals surface area contributed by atoms with Crippen LogP contribution < -0.4 is 0 Å². The Morgan fingerprint density at radius 2 is 0.514 bits per heavy atom. The molecule has 0 aliphatic carbocycles. The Bertz CT molecular complexity index is 288. The van der Waals surface area contributed by atoms with Crippen LogP contribution >= 0.6 is 0 Å². The second kappa shape index (κ2) is 38.5. The van der Waals surface area contributed by atoms with Crippen molar-refractivity contribution in [3.8, 4) is 0 Å². The van der Waals surface area contributed by atoms with Crippen LogP contribution in [0.15, 0.2) is 0 Å². The Morgan fingerprint density at radius 3 is 0.714 bits per heavy atom. The maximum atomic E-state index is 10.2. The number of aliphatic hydroxyl groups is 1. The van der Waals surface area contributed by atoms with Crippen molar-refractivity contribution < 1.29 is 10.2 Å². The number of unbranched alkanes of at least 4 members (excludes halogenated alkanes) is 27. The van der Waals surface area contributed by atoms with Gasteiger partial charge in [0.25, 0.3) is 0 Å². The summed E-state index contributed by atoms with van der Waals surface area (Å²) in [6.07, 6.45) is 39.6. The summed E-state index contributed by atoms with van der Waals surface area (Å²) in [7, 11) is 0. The fraction of sp³-hybridized carbons (Fsp3) is 1.00. The molecule has 1 radical (unpaired) electrons. The zero-order valence-corrected chi connectivity index (χ0v) is 24.8. The van der Waals surface area contributed by atoms with Gasteiger partial charge in [-0.15, -0.1) is 0 Å². The molecule has 0 rings (SSSR count). The van der Waals surface area contributed by atoms with Gasteiger partial charge in [-0.1, -0.05) is 187 Å². The van der Waals surface area contributed by atoms with Crippen molar-refractivity contribution in [3.63, 3.8) is 0 Å². The molecule has 0 fully saturated rings. The molecule has 213 valence electrons. The van der Waals surface area contributed by atoms with Crippen LogP contribution in [0.1, 0.15) is 200 Å². The van der Waals surface area contributed by atoms with Gasteiger partial charge in [0.05, 0.1) is 6.61 Å². The Labute approximate surface area is 223 Å². The van der Waals surface area contributed by atoms with Crippen molar-refractivity contribution in [3.05, 3.63) is 0 Å². The summed E-state index contributed by atoms with van der Waals surface area (Å²) in [5.41, 5.74) is 0. The molecule has 0 aliphatic rings. The molecule has 0 spiro atoms. The zero-order chi connectivity index (χ0) is 25.9. The molecule has 0 aromatic rings. The number of hydrogen-bond acceptors (Lipinski definition) is 1. The fourth-order valence-electron chi connectivity index (χ4n) is 4.78. The smallest absolute Gasteiger partial charge is 0.0822 e. The van der Waals surface area contributed by atoms with Crippen LogP contribution in [0.2, 0.25) is 0 Å². The largest absolute Gasteiger partial charge is 0.396 e. The van der Waals surface area contributed by atoms with Crippen LogP contribution in [0.25, 0.3) is 0 Å². The lowest BCUT2D eigenvalue weighted by Crippen LogP contribution is -1.84. The van der Waals surface area contributed by atoms with Crippen LogP contribution in [-0.2, 0) is 5.11 Å². The van der Waals surface area contributed by atoms with Gasteiger partial charge in [0.1, 0.15) is 0 Å². The van der Waals surface area contributed by atoms with Gasteiger partial charge in [-0.2, -0.15) is 0 Å². The highest BCUT2D eigenvalue weighted by Gasteiger charge is 1.95. The molecule has 1 N–H and O–H groups in total. The first kappa shape index (κ1) is 37.1. The minimum absolute atomic E-state index is 0.123. The van der Waals surface area contributed by atoms with Gasteiger partial charge in [-0.3, -0.25) is 0 Å².